The zero-order chi connectivity index (χ0) is 25.6. The van der Waals surface area contributed by atoms with Gasteiger partial charge in [-0.1, -0.05) is 13.8 Å². The summed E-state index contributed by atoms with van der Waals surface area (Å²) >= 11 is 1.71. The highest BCUT2D eigenvalue weighted by atomic mass is 32.2. The molecule has 0 aromatic carbocycles. The molecular formula is C24H31N7O3S2. The monoisotopic (exact) mass is 529 g/mol. The molecule has 1 atom stereocenters. The van der Waals surface area contributed by atoms with Gasteiger partial charge in [-0.05, 0) is 38.3 Å². The Hall–Kier alpha value is -2.83. The molecule has 1 aliphatic carbocycles. The highest BCUT2D eigenvalue weighted by molar-refractivity contribution is 7.90. The predicted octanol–water partition coefficient (Wildman–Crippen LogP) is 3.21. The third-order valence-corrected chi connectivity index (χ3v) is 8.84. The third-order valence-electron chi connectivity index (χ3n) is 6.78. The van der Waals surface area contributed by atoms with Gasteiger partial charge in [-0.2, -0.15) is 10.2 Å². The highest BCUT2D eigenvalue weighted by Gasteiger charge is 2.28. The Balaban J connectivity index is 1.46. The first-order valence-corrected chi connectivity index (χ1v) is 14.8. The number of H-pyrrole nitrogens is 1. The number of hydrogen-bond acceptors (Lipinski definition) is 9. The van der Waals surface area contributed by atoms with Gasteiger partial charge >= 0.3 is 0 Å². The smallest absolute Gasteiger partial charge is 0.197 e. The number of hydrogen-bond donors (Lipinski definition) is 1. The molecule has 36 heavy (non-hydrogen) atoms. The number of ether oxygens (including phenoxy) is 1. The van der Waals surface area contributed by atoms with Crippen molar-refractivity contribution in [1.82, 2.24) is 34.7 Å². The van der Waals surface area contributed by atoms with Crippen molar-refractivity contribution in [1.29, 1.82) is 0 Å². The number of aromatic nitrogens is 6. The number of nitrogens with zero attached hydrogens (tertiary/aromatic N) is 6. The quantitative estimate of drug-likeness (QED) is 0.370. The number of rotatable bonds is 8. The minimum Gasteiger partial charge on any atom is -0.493 e. The fourth-order valence-corrected chi connectivity index (χ4v) is 6.61. The van der Waals surface area contributed by atoms with Gasteiger partial charge in [0.1, 0.15) is 21.2 Å². The Labute approximate surface area is 214 Å². The van der Waals surface area contributed by atoms with Crippen LogP contribution in [0, 0.1) is 0 Å². The van der Waals surface area contributed by atoms with Crippen molar-refractivity contribution in [2.75, 3.05) is 32.7 Å². The van der Waals surface area contributed by atoms with Gasteiger partial charge in [0, 0.05) is 41.0 Å². The van der Waals surface area contributed by atoms with Crippen LogP contribution in [0.3, 0.4) is 0 Å². The van der Waals surface area contributed by atoms with Crippen molar-refractivity contribution >= 4 is 26.8 Å². The van der Waals surface area contributed by atoms with Crippen LogP contribution in [0.15, 0.2) is 18.6 Å². The number of aryl methyl sites for hydroxylation is 1. The van der Waals surface area contributed by atoms with Crippen LogP contribution in [-0.4, -0.2) is 81.8 Å². The van der Waals surface area contributed by atoms with Crippen molar-refractivity contribution in [2.45, 2.75) is 45.1 Å². The van der Waals surface area contributed by atoms with Gasteiger partial charge in [-0.25, -0.2) is 22.9 Å². The van der Waals surface area contributed by atoms with Crippen LogP contribution < -0.4 is 4.74 Å². The average Bonchev–Trinajstić information content (AvgIpc) is 3.57. The highest BCUT2D eigenvalue weighted by Crippen LogP contribution is 2.40. The number of likely N-dealkylation sites (N-methyl/N-ethyl adjacent to an activating group) is 1. The molecule has 1 N–H and O–H groups in total. The number of thiazole rings is 1. The Morgan fingerprint density at radius 1 is 1.36 bits per heavy atom. The minimum atomic E-state index is -2.98. The van der Waals surface area contributed by atoms with Crippen molar-refractivity contribution in [3.05, 3.63) is 34.7 Å². The lowest BCUT2D eigenvalue weighted by Crippen LogP contribution is -2.38. The van der Waals surface area contributed by atoms with Gasteiger partial charge in [-0.3, -0.25) is 5.10 Å². The van der Waals surface area contributed by atoms with Crippen LogP contribution in [0.5, 0.6) is 5.75 Å². The van der Waals surface area contributed by atoms with Crippen molar-refractivity contribution < 1.29 is 13.2 Å². The maximum Gasteiger partial charge on any atom is 0.197 e. The van der Waals surface area contributed by atoms with E-state index in [4.69, 9.17) is 14.8 Å². The van der Waals surface area contributed by atoms with E-state index >= 15 is 0 Å². The molecule has 0 spiro atoms. The molecule has 192 valence electrons. The summed E-state index contributed by atoms with van der Waals surface area (Å²) in [5.74, 6) is 1.03. The number of fused-ring (bicyclic) bond motifs is 2. The lowest BCUT2D eigenvalue weighted by molar-refractivity contribution is 0.234. The van der Waals surface area contributed by atoms with Crippen molar-refractivity contribution in [2.24, 2.45) is 0 Å². The molecule has 5 rings (SSSR count). The first-order valence-electron chi connectivity index (χ1n) is 12.0. The van der Waals surface area contributed by atoms with Gasteiger partial charge in [0.2, 0.25) is 0 Å². The number of nitrogens with one attached hydrogen (secondary N) is 1. The summed E-state index contributed by atoms with van der Waals surface area (Å²) in [5.41, 5.74) is 5.58. The molecule has 0 amide bonds. The predicted molar refractivity (Wildman–Crippen MR) is 140 cm³/mol. The molecule has 0 bridgehead atoms. The second-order valence-electron chi connectivity index (χ2n) is 9.74. The Kier molecular flexibility index (Phi) is 6.60. The lowest BCUT2D eigenvalue weighted by atomic mass is 9.96. The molecule has 1 aliphatic rings. The Morgan fingerprint density at radius 2 is 2.17 bits per heavy atom. The molecule has 0 aliphatic heterocycles. The van der Waals surface area contributed by atoms with E-state index in [1.54, 1.807) is 23.0 Å². The molecule has 0 radical (unpaired) electrons. The number of aromatic amines is 1. The maximum atomic E-state index is 11.6. The van der Waals surface area contributed by atoms with E-state index in [0.717, 1.165) is 52.5 Å². The van der Waals surface area contributed by atoms with E-state index in [1.165, 1.54) is 17.5 Å². The molecule has 10 nitrogen and oxygen atoms in total. The van der Waals surface area contributed by atoms with Gasteiger partial charge in [0.25, 0.3) is 0 Å². The standard InChI is InChI=1S/C24H31N7O3S2/c1-14(2)20-21(15-10-18(34-4)23-25-13-26-31(23)12-15)28-29-22(20)24-27-17-7-6-16(11-19(17)35-24)30(3)8-9-36(5,32)33/h10,12-14,16H,6-9,11H2,1-5H3,(H,28,29). The number of pyridine rings is 1. The first-order chi connectivity index (χ1) is 17.1. The van der Waals surface area contributed by atoms with E-state index in [9.17, 15) is 8.42 Å². The van der Waals surface area contributed by atoms with Gasteiger partial charge in [0.05, 0.1) is 29.9 Å². The third kappa shape index (κ3) is 4.76. The van der Waals surface area contributed by atoms with E-state index < -0.39 is 9.84 Å². The summed E-state index contributed by atoms with van der Waals surface area (Å²) in [6.45, 7) is 4.86. The summed E-state index contributed by atoms with van der Waals surface area (Å²) in [5, 5.41) is 13.2. The fraction of sp³-hybridized carbons (Fsp3) is 0.500. The minimum absolute atomic E-state index is 0.181. The van der Waals surface area contributed by atoms with Crippen LogP contribution in [0.1, 0.15) is 42.3 Å². The van der Waals surface area contributed by atoms with E-state index in [-0.39, 0.29) is 11.7 Å². The topological polar surface area (TPSA) is 118 Å². The van der Waals surface area contributed by atoms with Crippen LogP contribution in [0.4, 0.5) is 0 Å². The van der Waals surface area contributed by atoms with Gasteiger partial charge in [-0.15, -0.1) is 11.3 Å². The number of sulfone groups is 1. The molecule has 12 heteroatoms. The average molecular weight is 530 g/mol. The maximum absolute atomic E-state index is 11.6. The van der Waals surface area contributed by atoms with E-state index in [1.807, 2.05) is 19.3 Å². The molecule has 0 saturated carbocycles. The second-order valence-corrected chi connectivity index (χ2v) is 13.1. The van der Waals surface area contributed by atoms with Crippen LogP contribution in [-0.2, 0) is 22.7 Å². The molecule has 0 saturated heterocycles. The summed E-state index contributed by atoms with van der Waals surface area (Å²) in [7, 11) is 0.663. The zero-order valence-electron chi connectivity index (χ0n) is 21.1. The van der Waals surface area contributed by atoms with Crippen LogP contribution in [0.2, 0.25) is 0 Å². The van der Waals surface area contributed by atoms with Crippen LogP contribution in [0.25, 0.3) is 27.6 Å². The fourth-order valence-electron chi connectivity index (χ4n) is 4.80. The van der Waals surface area contributed by atoms with E-state index in [0.29, 0.717) is 24.0 Å². The van der Waals surface area contributed by atoms with Crippen molar-refractivity contribution in [3.8, 4) is 27.7 Å². The molecular weight excluding hydrogens is 498 g/mol. The number of methoxy groups -OCH3 is 1. The van der Waals surface area contributed by atoms with Crippen LogP contribution >= 0.6 is 11.3 Å². The molecule has 0 fully saturated rings. The zero-order valence-corrected chi connectivity index (χ0v) is 22.8. The van der Waals surface area contributed by atoms with Gasteiger partial charge < -0.3 is 9.64 Å². The Morgan fingerprint density at radius 3 is 2.89 bits per heavy atom. The molecule has 4 aromatic rings. The second kappa shape index (κ2) is 9.56. The summed E-state index contributed by atoms with van der Waals surface area (Å²) < 4.78 is 30.4. The SMILES string of the molecule is COc1cc(-c2n[nH]c(-c3nc4c(s3)CC(N(C)CCS(C)(=O)=O)CC4)c2C(C)C)cn2ncnc12. The lowest BCUT2D eigenvalue weighted by Gasteiger charge is -2.30. The van der Waals surface area contributed by atoms with E-state index in [2.05, 4.69) is 33.9 Å². The summed E-state index contributed by atoms with van der Waals surface area (Å²) in [6.07, 6.45) is 7.45. The van der Waals surface area contributed by atoms with Crippen molar-refractivity contribution in [3.63, 3.8) is 0 Å². The molecule has 1 unspecified atom stereocenters. The Bertz CT molecular complexity index is 1500. The van der Waals surface area contributed by atoms with Gasteiger partial charge in [0.15, 0.2) is 11.4 Å². The summed E-state index contributed by atoms with van der Waals surface area (Å²) in [4.78, 5) is 12.7. The first kappa shape index (κ1) is 24.8. The summed E-state index contributed by atoms with van der Waals surface area (Å²) in [6, 6.07) is 2.26. The molecule has 4 aromatic heterocycles. The normalized spacial score (nSPS) is 16.2. The molecule has 4 heterocycles. The largest absolute Gasteiger partial charge is 0.493 e.